The molecule has 0 radical (unpaired) electrons. The molecule has 1 saturated carbocycles. The Morgan fingerprint density at radius 2 is 1.89 bits per heavy atom. The Bertz CT molecular complexity index is 308. The summed E-state index contributed by atoms with van der Waals surface area (Å²) >= 11 is 0. The van der Waals surface area contributed by atoms with E-state index in [4.69, 9.17) is 4.74 Å². The van der Waals surface area contributed by atoms with Crippen LogP contribution >= 0.6 is 0 Å². The van der Waals surface area contributed by atoms with Crippen LogP contribution in [-0.2, 0) is 4.74 Å². The molecule has 2 fully saturated rings. The molecule has 1 aliphatic carbocycles. The first-order chi connectivity index (χ1) is 8.69. The van der Waals surface area contributed by atoms with Gasteiger partial charge in [0.15, 0.2) is 0 Å². The van der Waals surface area contributed by atoms with E-state index in [1.165, 1.54) is 0 Å². The van der Waals surface area contributed by atoms with E-state index in [0.29, 0.717) is 17.4 Å². The molecule has 3 nitrogen and oxygen atoms in total. The first-order valence-electron chi connectivity index (χ1n) is 7.75. The second-order valence-electron chi connectivity index (χ2n) is 8.09. The molecule has 2 aliphatic rings. The Labute approximate surface area is 118 Å². The minimum absolute atomic E-state index is 0.0525. The lowest BCUT2D eigenvalue weighted by atomic mass is 9.68. The van der Waals surface area contributed by atoms with Crippen LogP contribution < -0.4 is 0 Å². The molecule has 1 heterocycles. The Morgan fingerprint density at radius 1 is 1.21 bits per heavy atom. The van der Waals surface area contributed by atoms with Crippen molar-refractivity contribution in [2.24, 2.45) is 11.3 Å². The van der Waals surface area contributed by atoms with Gasteiger partial charge in [0.05, 0.1) is 18.3 Å². The molecule has 1 N–H and O–H groups in total. The van der Waals surface area contributed by atoms with Crippen LogP contribution in [-0.4, -0.2) is 47.4 Å². The van der Waals surface area contributed by atoms with Crippen LogP contribution in [0.2, 0.25) is 0 Å². The van der Waals surface area contributed by atoms with Gasteiger partial charge in [0, 0.05) is 19.1 Å². The van der Waals surface area contributed by atoms with Crippen molar-refractivity contribution in [1.82, 2.24) is 4.90 Å². The highest BCUT2D eigenvalue weighted by Gasteiger charge is 2.42. The van der Waals surface area contributed by atoms with Gasteiger partial charge in [-0.3, -0.25) is 4.90 Å². The number of hydrogen-bond donors (Lipinski definition) is 1. The van der Waals surface area contributed by atoms with E-state index >= 15 is 0 Å². The summed E-state index contributed by atoms with van der Waals surface area (Å²) in [6, 6.07) is 0.506. The number of hydrogen-bond acceptors (Lipinski definition) is 3. The van der Waals surface area contributed by atoms with E-state index in [1.807, 2.05) is 0 Å². The van der Waals surface area contributed by atoms with Gasteiger partial charge in [0.2, 0.25) is 0 Å². The Hall–Kier alpha value is -0.120. The van der Waals surface area contributed by atoms with Gasteiger partial charge in [0.1, 0.15) is 0 Å². The summed E-state index contributed by atoms with van der Waals surface area (Å²) in [7, 11) is 0. The Kier molecular flexibility index (Phi) is 4.29. The Morgan fingerprint density at radius 3 is 2.47 bits per heavy atom. The SMILES string of the molecule is CC1(C)CN(C2CC(O)CCC2C(C)(C)C)CCO1. The lowest BCUT2D eigenvalue weighted by Gasteiger charge is -2.50. The molecule has 3 unspecified atom stereocenters. The van der Waals surface area contributed by atoms with Crippen LogP contribution in [0.25, 0.3) is 0 Å². The third kappa shape index (κ3) is 3.71. The molecule has 0 aromatic heterocycles. The van der Waals surface area contributed by atoms with Crippen LogP contribution in [0.15, 0.2) is 0 Å². The van der Waals surface area contributed by atoms with E-state index < -0.39 is 0 Å². The van der Waals surface area contributed by atoms with Crippen molar-refractivity contribution >= 4 is 0 Å². The quantitative estimate of drug-likeness (QED) is 0.794. The summed E-state index contributed by atoms with van der Waals surface area (Å²) < 4.78 is 5.83. The fraction of sp³-hybridized carbons (Fsp3) is 1.00. The van der Waals surface area contributed by atoms with E-state index in [-0.39, 0.29) is 11.7 Å². The molecule has 0 aromatic rings. The molecule has 112 valence electrons. The number of rotatable bonds is 1. The van der Waals surface area contributed by atoms with Crippen molar-refractivity contribution in [2.75, 3.05) is 19.7 Å². The molecule has 3 heteroatoms. The number of morpholine rings is 1. The van der Waals surface area contributed by atoms with Crippen LogP contribution in [0.3, 0.4) is 0 Å². The van der Waals surface area contributed by atoms with Gasteiger partial charge in [-0.25, -0.2) is 0 Å². The summed E-state index contributed by atoms with van der Waals surface area (Å²) in [5.74, 6) is 0.671. The summed E-state index contributed by atoms with van der Waals surface area (Å²) in [5.41, 5.74) is 0.260. The van der Waals surface area contributed by atoms with Crippen molar-refractivity contribution in [3.63, 3.8) is 0 Å². The van der Waals surface area contributed by atoms with Crippen LogP contribution in [0.1, 0.15) is 53.9 Å². The summed E-state index contributed by atoms with van der Waals surface area (Å²) in [6.45, 7) is 14.2. The first kappa shape index (κ1) is 15.3. The van der Waals surface area contributed by atoms with Crippen molar-refractivity contribution in [3.8, 4) is 0 Å². The van der Waals surface area contributed by atoms with E-state index in [9.17, 15) is 5.11 Å². The molecule has 0 amide bonds. The standard InChI is InChI=1S/C16H31NO2/c1-15(2,3)13-7-6-12(18)10-14(13)17-8-9-19-16(4,5)11-17/h12-14,18H,6-11H2,1-5H3. The predicted molar refractivity (Wildman–Crippen MR) is 78.2 cm³/mol. The highest BCUT2D eigenvalue weighted by molar-refractivity contribution is 4.95. The van der Waals surface area contributed by atoms with Gasteiger partial charge in [-0.15, -0.1) is 0 Å². The zero-order valence-corrected chi connectivity index (χ0v) is 13.3. The second kappa shape index (κ2) is 5.34. The average molecular weight is 269 g/mol. The highest BCUT2D eigenvalue weighted by Crippen LogP contribution is 2.41. The lowest BCUT2D eigenvalue weighted by Crippen LogP contribution is -2.57. The number of nitrogens with zero attached hydrogens (tertiary/aromatic N) is 1. The summed E-state index contributed by atoms with van der Waals surface area (Å²) in [6.07, 6.45) is 2.92. The largest absolute Gasteiger partial charge is 0.393 e. The maximum Gasteiger partial charge on any atom is 0.0753 e. The minimum Gasteiger partial charge on any atom is -0.393 e. The molecular formula is C16H31NO2. The fourth-order valence-electron chi connectivity index (χ4n) is 3.87. The van der Waals surface area contributed by atoms with E-state index in [1.54, 1.807) is 0 Å². The minimum atomic E-state index is -0.116. The van der Waals surface area contributed by atoms with E-state index in [2.05, 4.69) is 39.5 Å². The van der Waals surface area contributed by atoms with Crippen molar-refractivity contribution < 1.29 is 9.84 Å². The second-order valence-corrected chi connectivity index (χ2v) is 8.09. The van der Waals surface area contributed by atoms with Crippen LogP contribution in [0.5, 0.6) is 0 Å². The third-order valence-corrected chi connectivity index (χ3v) is 4.83. The predicted octanol–water partition coefficient (Wildman–Crippen LogP) is 2.67. The summed E-state index contributed by atoms with van der Waals surface area (Å²) in [5, 5.41) is 10.1. The molecule has 1 saturated heterocycles. The fourth-order valence-corrected chi connectivity index (χ4v) is 3.87. The molecule has 3 atom stereocenters. The van der Waals surface area contributed by atoms with Crippen molar-refractivity contribution in [3.05, 3.63) is 0 Å². The normalized spacial score (nSPS) is 37.3. The van der Waals surface area contributed by atoms with Crippen molar-refractivity contribution in [2.45, 2.75) is 71.6 Å². The van der Waals surface area contributed by atoms with Crippen LogP contribution in [0.4, 0.5) is 0 Å². The topological polar surface area (TPSA) is 32.7 Å². The molecule has 1 aliphatic heterocycles. The average Bonchev–Trinajstić information content (AvgIpc) is 2.25. The van der Waals surface area contributed by atoms with Crippen LogP contribution in [0, 0.1) is 11.3 Å². The molecule has 0 spiro atoms. The monoisotopic (exact) mass is 269 g/mol. The van der Waals surface area contributed by atoms with Crippen molar-refractivity contribution in [1.29, 1.82) is 0 Å². The summed E-state index contributed by atoms with van der Waals surface area (Å²) in [4.78, 5) is 2.57. The molecule has 0 aromatic carbocycles. The lowest BCUT2D eigenvalue weighted by molar-refractivity contribution is -0.121. The molecular weight excluding hydrogens is 238 g/mol. The van der Waals surface area contributed by atoms with Gasteiger partial charge in [-0.2, -0.15) is 0 Å². The van der Waals surface area contributed by atoms with Gasteiger partial charge < -0.3 is 9.84 Å². The maximum absolute atomic E-state index is 10.1. The zero-order chi connectivity index (χ0) is 14.3. The van der Waals surface area contributed by atoms with Gasteiger partial charge in [0.25, 0.3) is 0 Å². The first-order valence-corrected chi connectivity index (χ1v) is 7.75. The van der Waals surface area contributed by atoms with Gasteiger partial charge in [-0.05, 0) is 44.4 Å². The Balaban J connectivity index is 2.13. The third-order valence-electron chi connectivity index (χ3n) is 4.83. The zero-order valence-electron chi connectivity index (χ0n) is 13.3. The molecule has 0 bridgehead atoms. The smallest absolute Gasteiger partial charge is 0.0753 e. The molecule has 2 rings (SSSR count). The number of aliphatic hydroxyl groups is 1. The molecule has 19 heavy (non-hydrogen) atoms. The van der Waals surface area contributed by atoms with Gasteiger partial charge >= 0.3 is 0 Å². The van der Waals surface area contributed by atoms with E-state index in [0.717, 1.165) is 39.0 Å². The number of aliphatic hydroxyl groups excluding tert-OH is 1. The van der Waals surface area contributed by atoms with Gasteiger partial charge in [-0.1, -0.05) is 20.8 Å². The number of ether oxygens (including phenoxy) is 1. The highest BCUT2D eigenvalue weighted by atomic mass is 16.5. The maximum atomic E-state index is 10.1.